The zero-order valence-corrected chi connectivity index (χ0v) is 12.6. The zero-order valence-electron chi connectivity index (χ0n) is 10.2. The predicted octanol–water partition coefficient (Wildman–Crippen LogP) is 2.71. The van der Waals surface area contributed by atoms with E-state index in [0.717, 1.165) is 26.2 Å². The van der Waals surface area contributed by atoms with Gasteiger partial charge < -0.3 is 10.2 Å². The van der Waals surface area contributed by atoms with Crippen molar-refractivity contribution in [3.05, 3.63) is 33.8 Å². The number of benzene rings is 1. The van der Waals surface area contributed by atoms with Crippen molar-refractivity contribution in [3.63, 3.8) is 0 Å². The van der Waals surface area contributed by atoms with Gasteiger partial charge in [0.25, 0.3) is 5.91 Å². The van der Waals surface area contributed by atoms with Gasteiger partial charge in [0.1, 0.15) is 0 Å². The minimum Gasteiger partial charge on any atom is -0.338 e. The van der Waals surface area contributed by atoms with E-state index in [0.29, 0.717) is 27.4 Å². The van der Waals surface area contributed by atoms with E-state index in [1.807, 2.05) is 4.90 Å². The third-order valence-electron chi connectivity index (χ3n) is 3.84. The first-order valence-electron chi connectivity index (χ1n) is 6.10. The van der Waals surface area contributed by atoms with Crippen LogP contribution in [-0.2, 0) is 0 Å². The first-order chi connectivity index (χ1) is 8.65. The van der Waals surface area contributed by atoms with E-state index >= 15 is 0 Å². The monoisotopic (exact) mass is 320 g/mol. The number of amides is 1. The molecule has 3 nitrogen and oxygen atoms in total. The lowest BCUT2D eigenvalue weighted by Gasteiger charge is -2.18. The van der Waals surface area contributed by atoms with E-state index < -0.39 is 0 Å². The molecule has 0 bridgehead atoms. The summed E-state index contributed by atoms with van der Waals surface area (Å²) in [5.41, 5.74) is 0.511. The lowest BCUT2D eigenvalue weighted by molar-refractivity contribution is 0.0782. The van der Waals surface area contributed by atoms with Crippen LogP contribution < -0.4 is 5.32 Å². The van der Waals surface area contributed by atoms with Gasteiger partial charge in [0.05, 0.1) is 10.6 Å². The lowest BCUT2D eigenvalue weighted by atomic mass is 10.0. The molecule has 0 spiro atoms. The predicted molar refractivity (Wildman–Crippen MR) is 79.5 cm³/mol. The summed E-state index contributed by atoms with van der Waals surface area (Å²) in [6.45, 7) is 3.66. The summed E-state index contributed by atoms with van der Waals surface area (Å²) in [6.07, 6.45) is 0. The normalized spacial score (nSPS) is 25.1. The zero-order chi connectivity index (χ0) is 12.7. The molecule has 1 aromatic rings. The van der Waals surface area contributed by atoms with Crippen molar-refractivity contribution in [2.45, 2.75) is 0 Å². The standard InChI is InChI=1S/C13H14Cl2N2O.ClH/c14-10-1-2-12(15)11(3-10)13(18)17-6-8-4-16-5-9(8)7-17;/h1-3,8-9,16H,4-7H2;1H/t8-,9+;. The van der Waals surface area contributed by atoms with Crippen LogP contribution in [0.4, 0.5) is 0 Å². The van der Waals surface area contributed by atoms with Crippen LogP contribution in [0.15, 0.2) is 18.2 Å². The van der Waals surface area contributed by atoms with Gasteiger partial charge in [-0.25, -0.2) is 0 Å². The molecule has 0 radical (unpaired) electrons. The fourth-order valence-corrected chi connectivity index (χ4v) is 3.22. The maximum atomic E-state index is 12.4. The number of carbonyl (C=O) groups excluding carboxylic acids is 1. The Labute approximate surface area is 128 Å². The first kappa shape index (κ1) is 14.9. The van der Waals surface area contributed by atoms with Crippen LogP contribution >= 0.6 is 35.6 Å². The Morgan fingerprint density at radius 2 is 1.84 bits per heavy atom. The van der Waals surface area contributed by atoms with Crippen LogP contribution in [0.3, 0.4) is 0 Å². The van der Waals surface area contributed by atoms with Crippen molar-refractivity contribution in [2.24, 2.45) is 11.8 Å². The molecular formula is C13H15Cl3N2O. The second-order valence-electron chi connectivity index (χ2n) is 5.01. The number of fused-ring (bicyclic) bond motifs is 1. The molecule has 3 rings (SSSR count). The highest BCUT2D eigenvalue weighted by Crippen LogP contribution is 2.29. The maximum Gasteiger partial charge on any atom is 0.255 e. The third kappa shape index (κ3) is 2.84. The van der Waals surface area contributed by atoms with Gasteiger partial charge in [-0.15, -0.1) is 12.4 Å². The van der Waals surface area contributed by atoms with Crippen molar-refractivity contribution in [2.75, 3.05) is 26.2 Å². The summed E-state index contributed by atoms with van der Waals surface area (Å²) < 4.78 is 0. The number of nitrogens with one attached hydrogen (secondary N) is 1. The molecule has 104 valence electrons. The number of likely N-dealkylation sites (tertiary alicyclic amines) is 1. The second kappa shape index (κ2) is 5.88. The van der Waals surface area contributed by atoms with Gasteiger partial charge in [-0.2, -0.15) is 0 Å². The summed E-state index contributed by atoms with van der Waals surface area (Å²) in [6, 6.07) is 5.03. The van der Waals surface area contributed by atoms with Crippen molar-refractivity contribution in [1.82, 2.24) is 10.2 Å². The largest absolute Gasteiger partial charge is 0.338 e. The summed E-state index contributed by atoms with van der Waals surface area (Å²) in [4.78, 5) is 14.3. The third-order valence-corrected chi connectivity index (χ3v) is 4.40. The highest BCUT2D eigenvalue weighted by atomic mass is 35.5. The van der Waals surface area contributed by atoms with Gasteiger partial charge in [-0.1, -0.05) is 23.2 Å². The second-order valence-corrected chi connectivity index (χ2v) is 5.86. The molecule has 2 aliphatic rings. The van der Waals surface area contributed by atoms with E-state index in [-0.39, 0.29) is 18.3 Å². The fourth-order valence-electron chi connectivity index (χ4n) is 2.85. The minimum absolute atomic E-state index is 0. The number of rotatable bonds is 1. The molecule has 1 aromatic carbocycles. The average molecular weight is 322 g/mol. The molecule has 2 heterocycles. The molecular weight excluding hydrogens is 307 g/mol. The van der Waals surface area contributed by atoms with E-state index in [1.54, 1.807) is 18.2 Å². The van der Waals surface area contributed by atoms with Gasteiger partial charge in [0, 0.05) is 31.2 Å². The van der Waals surface area contributed by atoms with Crippen molar-refractivity contribution < 1.29 is 4.79 Å². The van der Waals surface area contributed by atoms with Gasteiger partial charge in [0.15, 0.2) is 0 Å². The van der Waals surface area contributed by atoms with E-state index in [2.05, 4.69) is 5.32 Å². The molecule has 0 aromatic heterocycles. The SMILES string of the molecule is Cl.O=C(c1cc(Cl)ccc1Cl)N1C[C@H]2CNC[C@H]2C1. The summed E-state index contributed by atoms with van der Waals surface area (Å²) in [5, 5.41) is 4.38. The number of carbonyl (C=O) groups is 1. The van der Waals surface area contributed by atoms with Gasteiger partial charge in [-0.05, 0) is 30.0 Å². The van der Waals surface area contributed by atoms with Crippen molar-refractivity contribution in [3.8, 4) is 0 Å². The summed E-state index contributed by atoms with van der Waals surface area (Å²) in [5.74, 6) is 1.18. The molecule has 0 unspecified atom stereocenters. The summed E-state index contributed by atoms with van der Waals surface area (Å²) >= 11 is 12.0. The molecule has 0 saturated carbocycles. The smallest absolute Gasteiger partial charge is 0.255 e. The van der Waals surface area contributed by atoms with E-state index in [4.69, 9.17) is 23.2 Å². The highest BCUT2D eigenvalue weighted by molar-refractivity contribution is 6.35. The Kier molecular flexibility index (Phi) is 4.62. The van der Waals surface area contributed by atoms with Crippen LogP contribution in [0.2, 0.25) is 10.0 Å². The van der Waals surface area contributed by atoms with E-state index in [9.17, 15) is 4.79 Å². The molecule has 0 aliphatic carbocycles. The van der Waals surface area contributed by atoms with Crippen LogP contribution in [0.1, 0.15) is 10.4 Å². The van der Waals surface area contributed by atoms with Crippen LogP contribution in [-0.4, -0.2) is 37.0 Å². The topological polar surface area (TPSA) is 32.3 Å². The maximum absolute atomic E-state index is 12.4. The fraction of sp³-hybridized carbons (Fsp3) is 0.462. The van der Waals surface area contributed by atoms with Crippen molar-refractivity contribution >= 4 is 41.5 Å². The first-order valence-corrected chi connectivity index (χ1v) is 6.86. The number of nitrogens with zero attached hydrogens (tertiary/aromatic N) is 1. The van der Waals surface area contributed by atoms with Crippen LogP contribution in [0.25, 0.3) is 0 Å². The summed E-state index contributed by atoms with van der Waals surface area (Å²) in [7, 11) is 0. The molecule has 2 saturated heterocycles. The molecule has 19 heavy (non-hydrogen) atoms. The Bertz CT molecular complexity index is 483. The molecule has 2 atom stereocenters. The molecule has 1 amide bonds. The highest BCUT2D eigenvalue weighted by Gasteiger charge is 2.38. The lowest BCUT2D eigenvalue weighted by Crippen LogP contribution is -2.32. The molecule has 2 fully saturated rings. The van der Waals surface area contributed by atoms with Gasteiger partial charge in [0.2, 0.25) is 0 Å². The Balaban J connectivity index is 0.00000133. The molecule has 1 N–H and O–H groups in total. The molecule has 2 aliphatic heterocycles. The Morgan fingerprint density at radius 1 is 1.21 bits per heavy atom. The van der Waals surface area contributed by atoms with Crippen LogP contribution in [0.5, 0.6) is 0 Å². The molecule has 6 heteroatoms. The minimum atomic E-state index is -0.00287. The number of hydrogen-bond acceptors (Lipinski definition) is 2. The Hall–Kier alpha value is -0.480. The number of halogens is 3. The quantitative estimate of drug-likeness (QED) is 0.862. The van der Waals surface area contributed by atoms with Crippen LogP contribution in [0, 0.1) is 11.8 Å². The average Bonchev–Trinajstić information content (AvgIpc) is 2.91. The van der Waals surface area contributed by atoms with Gasteiger partial charge >= 0.3 is 0 Å². The van der Waals surface area contributed by atoms with Crippen molar-refractivity contribution in [1.29, 1.82) is 0 Å². The van der Waals surface area contributed by atoms with E-state index in [1.165, 1.54) is 0 Å². The Morgan fingerprint density at radius 3 is 2.47 bits per heavy atom. The van der Waals surface area contributed by atoms with Gasteiger partial charge in [-0.3, -0.25) is 4.79 Å². The number of hydrogen-bond donors (Lipinski definition) is 1.